The maximum atomic E-state index is 11.3. The zero-order valence-electron chi connectivity index (χ0n) is 18.6. The maximum absolute atomic E-state index is 11.3. The second-order valence-corrected chi connectivity index (χ2v) is 10.0. The van der Waals surface area contributed by atoms with Crippen LogP contribution in [0.1, 0.15) is 58.1 Å². The quantitative estimate of drug-likeness (QED) is 0.735. The van der Waals surface area contributed by atoms with Crippen molar-refractivity contribution in [2.45, 2.75) is 57.8 Å². The third-order valence-electron chi connectivity index (χ3n) is 6.97. The van der Waals surface area contributed by atoms with Crippen molar-refractivity contribution in [1.82, 2.24) is 9.88 Å². The van der Waals surface area contributed by atoms with Gasteiger partial charge in [0.05, 0.1) is 5.69 Å². The van der Waals surface area contributed by atoms with E-state index in [1.165, 1.54) is 28.9 Å². The minimum atomic E-state index is -0.835. The van der Waals surface area contributed by atoms with E-state index in [1.54, 1.807) is 0 Å². The summed E-state index contributed by atoms with van der Waals surface area (Å²) in [4.78, 5) is 20.0. The summed E-state index contributed by atoms with van der Waals surface area (Å²) in [7, 11) is 0. The van der Waals surface area contributed by atoms with Crippen molar-refractivity contribution in [3.05, 3.63) is 47.5 Å². The Morgan fingerprint density at radius 2 is 1.67 bits per heavy atom. The first-order valence-electron chi connectivity index (χ1n) is 11.0. The van der Waals surface area contributed by atoms with Crippen LogP contribution in [0.2, 0.25) is 0 Å². The molecule has 0 unspecified atom stereocenters. The number of nitrogens with zero attached hydrogens (tertiary/aromatic N) is 3. The van der Waals surface area contributed by atoms with Crippen LogP contribution in [-0.2, 0) is 10.8 Å². The molecule has 1 aliphatic carbocycles. The van der Waals surface area contributed by atoms with Crippen LogP contribution >= 0.6 is 0 Å². The zero-order valence-corrected chi connectivity index (χ0v) is 18.6. The lowest BCUT2D eigenvalue weighted by atomic mass is 9.63. The summed E-state index contributed by atoms with van der Waals surface area (Å²) in [6.07, 6.45) is 2.39. The molecule has 1 amide bonds. The largest absolute Gasteiger partial charge is 0.465 e. The molecule has 1 saturated heterocycles. The van der Waals surface area contributed by atoms with Gasteiger partial charge in [0.1, 0.15) is 5.82 Å². The number of hydrogen-bond acceptors (Lipinski definition) is 3. The van der Waals surface area contributed by atoms with Gasteiger partial charge in [0.15, 0.2) is 0 Å². The van der Waals surface area contributed by atoms with E-state index in [0.717, 1.165) is 30.0 Å². The molecule has 1 aromatic heterocycles. The molecule has 2 aromatic rings. The molecule has 0 radical (unpaired) electrons. The first kappa shape index (κ1) is 20.7. The Bertz CT molecular complexity index is 951. The van der Waals surface area contributed by atoms with E-state index in [-0.39, 0.29) is 10.8 Å². The van der Waals surface area contributed by atoms with Gasteiger partial charge in [0.2, 0.25) is 0 Å². The van der Waals surface area contributed by atoms with E-state index < -0.39 is 6.09 Å². The number of carbonyl (C=O) groups is 1. The smallest absolute Gasteiger partial charge is 0.407 e. The Morgan fingerprint density at radius 1 is 0.933 bits per heavy atom. The van der Waals surface area contributed by atoms with Gasteiger partial charge in [-0.2, -0.15) is 0 Å². The summed E-state index contributed by atoms with van der Waals surface area (Å²) in [5.74, 6) is 0.928. The molecule has 1 aromatic carbocycles. The number of anilines is 1. The highest BCUT2D eigenvalue weighted by Crippen LogP contribution is 2.46. The lowest BCUT2D eigenvalue weighted by Crippen LogP contribution is -2.34. The molecule has 0 spiro atoms. The number of pyridine rings is 1. The van der Waals surface area contributed by atoms with Crippen LogP contribution in [-0.4, -0.2) is 47.3 Å². The van der Waals surface area contributed by atoms with Crippen LogP contribution < -0.4 is 4.90 Å². The Kier molecular flexibility index (Phi) is 5.25. The van der Waals surface area contributed by atoms with Crippen LogP contribution in [0.25, 0.3) is 11.3 Å². The van der Waals surface area contributed by atoms with Gasteiger partial charge in [-0.05, 0) is 59.4 Å². The number of rotatable bonds is 2. The monoisotopic (exact) mass is 407 g/mol. The molecular formula is C25H33N3O2. The predicted molar refractivity (Wildman–Crippen MR) is 121 cm³/mol. The fourth-order valence-electron chi connectivity index (χ4n) is 4.85. The average molecular weight is 408 g/mol. The summed E-state index contributed by atoms with van der Waals surface area (Å²) in [5.41, 5.74) is 5.41. The van der Waals surface area contributed by atoms with Gasteiger partial charge < -0.3 is 14.9 Å². The van der Waals surface area contributed by atoms with Gasteiger partial charge in [-0.25, -0.2) is 9.78 Å². The molecule has 4 rings (SSSR count). The van der Waals surface area contributed by atoms with Crippen molar-refractivity contribution in [3.63, 3.8) is 0 Å². The van der Waals surface area contributed by atoms with E-state index >= 15 is 0 Å². The summed E-state index contributed by atoms with van der Waals surface area (Å²) < 4.78 is 0. The Labute approximate surface area is 179 Å². The van der Waals surface area contributed by atoms with Crippen LogP contribution in [0, 0.1) is 0 Å². The molecule has 5 nitrogen and oxygen atoms in total. The molecule has 0 bridgehead atoms. The summed E-state index contributed by atoms with van der Waals surface area (Å²) in [5, 5.41) is 9.28. The van der Waals surface area contributed by atoms with E-state index in [9.17, 15) is 9.90 Å². The van der Waals surface area contributed by atoms with Crippen molar-refractivity contribution < 1.29 is 9.90 Å². The van der Waals surface area contributed by atoms with E-state index in [1.807, 2.05) is 6.07 Å². The number of carboxylic acid groups (broad SMARTS) is 1. The second kappa shape index (κ2) is 7.60. The molecule has 30 heavy (non-hydrogen) atoms. The predicted octanol–water partition coefficient (Wildman–Crippen LogP) is 5.29. The molecule has 160 valence electrons. The SMILES string of the molecule is CC1(C)CCC(C)(C)c2cc(-c3cccc(N4CCCN(C(=O)O)CC4)n3)ccc21. The number of amides is 1. The fraction of sp³-hybridized carbons (Fsp3) is 0.520. The van der Waals surface area contributed by atoms with E-state index in [4.69, 9.17) is 4.98 Å². The maximum Gasteiger partial charge on any atom is 0.407 e. The van der Waals surface area contributed by atoms with Gasteiger partial charge >= 0.3 is 6.09 Å². The van der Waals surface area contributed by atoms with Crippen molar-refractivity contribution in [1.29, 1.82) is 0 Å². The third-order valence-corrected chi connectivity index (χ3v) is 6.97. The first-order chi connectivity index (χ1) is 14.2. The van der Waals surface area contributed by atoms with Crippen molar-refractivity contribution >= 4 is 11.9 Å². The number of hydrogen-bond donors (Lipinski definition) is 1. The third kappa shape index (κ3) is 3.90. The topological polar surface area (TPSA) is 56.7 Å². The lowest BCUT2D eigenvalue weighted by Gasteiger charge is -2.42. The molecule has 2 heterocycles. The van der Waals surface area contributed by atoms with E-state index in [2.05, 4.69) is 62.9 Å². The Balaban J connectivity index is 1.64. The summed E-state index contributed by atoms with van der Waals surface area (Å²) in [6.45, 7) is 12.0. The van der Waals surface area contributed by atoms with Gasteiger partial charge in [0, 0.05) is 31.7 Å². The molecule has 0 saturated carbocycles. The normalized spacial score (nSPS) is 20.4. The van der Waals surface area contributed by atoms with Gasteiger partial charge in [-0.15, -0.1) is 0 Å². The molecule has 5 heteroatoms. The highest BCUT2D eigenvalue weighted by atomic mass is 16.4. The molecule has 1 N–H and O–H groups in total. The number of aromatic nitrogens is 1. The highest BCUT2D eigenvalue weighted by molar-refractivity contribution is 5.66. The summed E-state index contributed by atoms with van der Waals surface area (Å²) >= 11 is 0. The fourth-order valence-corrected chi connectivity index (χ4v) is 4.85. The van der Waals surface area contributed by atoms with Gasteiger partial charge in [0.25, 0.3) is 0 Å². The van der Waals surface area contributed by atoms with E-state index in [0.29, 0.717) is 19.6 Å². The highest BCUT2D eigenvalue weighted by Gasteiger charge is 2.37. The standard InChI is InChI=1S/C25H33N3O2/c1-24(2)11-12-25(3,4)20-17-18(9-10-19(20)24)21-7-5-8-22(26-21)27-13-6-14-28(16-15-27)23(29)30/h5,7-10,17H,6,11-16H2,1-4H3,(H,29,30). The average Bonchev–Trinajstić information content (AvgIpc) is 2.98. The molecular weight excluding hydrogens is 374 g/mol. The molecule has 2 aliphatic rings. The minimum absolute atomic E-state index is 0.170. The van der Waals surface area contributed by atoms with Gasteiger partial charge in [-0.1, -0.05) is 45.9 Å². The van der Waals surface area contributed by atoms with Crippen molar-refractivity contribution in [2.24, 2.45) is 0 Å². The number of fused-ring (bicyclic) bond motifs is 1. The molecule has 1 aliphatic heterocycles. The second-order valence-electron chi connectivity index (χ2n) is 10.0. The van der Waals surface area contributed by atoms with Crippen LogP contribution in [0.5, 0.6) is 0 Å². The Morgan fingerprint density at radius 3 is 2.40 bits per heavy atom. The van der Waals surface area contributed by atoms with Crippen LogP contribution in [0.3, 0.4) is 0 Å². The lowest BCUT2D eigenvalue weighted by molar-refractivity contribution is 0.148. The zero-order chi connectivity index (χ0) is 21.5. The molecule has 1 fully saturated rings. The van der Waals surface area contributed by atoms with Crippen LogP contribution in [0.15, 0.2) is 36.4 Å². The minimum Gasteiger partial charge on any atom is -0.465 e. The Hall–Kier alpha value is -2.56. The number of benzene rings is 1. The first-order valence-corrected chi connectivity index (χ1v) is 11.0. The van der Waals surface area contributed by atoms with Crippen LogP contribution in [0.4, 0.5) is 10.6 Å². The van der Waals surface area contributed by atoms with Crippen molar-refractivity contribution in [2.75, 3.05) is 31.1 Å². The van der Waals surface area contributed by atoms with Gasteiger partial charge in [-0.3, -0.25) is 0 Å². The summed E-state index contributed by atoms with van der Waals surface area (Å²) in [6, 6.07) is 13.0. The molecule has 0 atom stereocenters. The van der Waals surface area contributed by atoms with Crippen molar-refractivity contribution in [3.8, 4) is 11.3 Å².